The van der Waals surface area contributed by atoms with Gasteiger partial charge in [0.1, 0.15) is 5.57 Å². The van der Waals surface area contributed by atoms with Crippen LogP contribution in [0.2, 0.25) is 0 Å². The Morgan fingerprint density at radius 1 is 0.875 bits per heavy atom. The highest BCUT2D eigenvalue weighted by atomic mass is 79.9. The van der Waals surface area contributed by atoms with Crippen LogP contribution in [0.5, 0.6) is 0 Å². The van der Waals surface area contributed by atoms with Crippen LogP contribution in [0, 0.1) is 0 Å². The Balaban J connectivity index is 1.79. The Labute approximate surface area is 146 Å². The highest BCUT2D eigenvalue weighted by Crippen LogP contribution is 2.20. The summed E-state index contributed by atoms with van der Waals surface area (Å²) in [6, 6.07) is 14.7. The lowest BCUT2D eigenvalue weighted by atomic mass is 10.0. The maximum atomic E-state index is 11.7. The molecule has 1 aliphatic rings. The molecule has 2 aromatic carbocycles. The molecular formula is C18H13BrN2O3. The van der Waals surface area contributed by atoms with Crippen LogP contribution < -0.4 is 10.6 Å². The minimum absolute atomic E-state index is 0.0897. The van der Waals surface area contributed by atoms with E-state index in [1.807, 2.05) is 59.2 Å². The zero-order valence-electron chi connectivity index (χ0n) is 12.5. The Bertz CT molecular complexity index is 835. The van der Waals surface area contributed by atoms with E-state index >= 15 is 0 Å². The first-order chi connectivity index (χ1) is 11.5. The molecule has 5 nitrogen and oxygen atoms in total. The third kappa shape index (κ3) is 3.60. The van der Waals surface area contributed by atoms with Gasteiger partial charge in [0.05, 0.1) is 0 Å². The third-order valence-corrected chi connectivity index (χ3v) is 4.36. The van der Waals surface area contributed by atoms with Crippen LogP contribution in [0.3, 0.4) is 0 Å². The Morgan fingerprint density at radius 3 is 2.12 bits per heavy atom. The van der Waals surface area contributed by atoms with Gasteiger partial charge < -0.3 is 0 Å². The van der Waals surface area contributed by atoms with Gasteiger partial charge in [-0.2, -0.15) is 0 Å². The lowest BCUT2D eigenvalue weighted by Crippen LogP contribution is -2.51. The predicted octanol–water partition coefficient (Wildman–Crippen LogP) is 2.79. The number of carbonyl (C=O) groups excluding carboxylic acids is 3. The summed E-state index contributed by atoms with van der Waals surface area (Å²) in [4.78, 5) is 34.4. The molecule has 0 bridgehead atoms. The summed E-state index contributed by atoms with van der Waals surface area (Å²) in [5.41, 5.74) is 2.90. The number of urea groups is 1. The molecule has 1 heterocycles. The molecule has 1 fully saturated rings. The van der Waals surface area contributed by atoms with Gasteiger partial charge in [0, 0.05) is 4.47 Å². The minimum Gasteiger partial charge on any atom is -0.273 e. The lowest BCUT2D eigenvalue weighted by molar-refractivity contribution is -0.123. The Hall–Kier alpha value is -2.73. The number of hydrogen-bond donors (Lipinski definition) is 2. The topological polar surface area (TPSA) is 75.3 Å². The van der Waals surface area contributed by atoms with E-state index in [0.29, 0.717) is 5.56 Å². The lowest BCUT2D eigenvalue weighted by Gasteiger charge is -2.13. The summed E-state index contributed by atoms with van der Waals surface area (Å²) in [5.74, 6) is -1.39. The summed E-state index contributed by atoms with van der Waals surface area (Å²) in [6.07, 6.45) is 2.23. The number of halogens is 1. The van der Waals surface area contributed by atoms with E-state index in [0.717, 1.165) is 16.5 Å². The molecule has 3 rings (SSSR count). The number of rotatable bonds is 3. The smallest absolute Gasteiger partial charge is 0.273 e. The molecule has 0 spiro atoms. The van der Waals surface area contributed by atoms with E-state index in [1.165, 1.54) is 11.6 Å². The summed E-state index contributed by atoms with van der Waals surface area (Å²) >= 11 is 3.53. The fraction of sp³-hybridized carbons (Fsp3) is 0.0556. The van der Waals surface area contributed by atoms with Crippen molar-refractivity contribution in [3.05, 3.63) is 75.3 Å². The van der Waals surface area contributed by atoms with Crippen LogP contribution in [-0.4, -0.2) is 17.8 Å². The van der Waals surface area contributed by atoms with Crippen LogP contribution in [0.1, 0.15) is 16.7 Å². The number of carbonyl (C=O) groups is 3. The number of imide groups is 2. The molecule has 4 amide bonds. The van der Waals surface area contributed by atoms with E-state index in [9.17, 15) is 14.4 Å². The van der Waals surface area contributed by atoms with Gasteiger partial charge in [0.15, 0.2) is 0 Å². The second-order valence-corrected chi connectivity index (χ2v) is 6.16. The molecule has 0 unspecified atom stereocenters. The molecule has 6 heteroatoms. The highest BCUT2D eigenvalue weighted by molar-refractivity contribution is 9.10. The first-order valence-electron chi connectivity index (χ1n) is 7.23. The summed E-state index contributed by atoms with van der Waals surface area (Å²) < 4.78 is 1.05. The Kier molecular flexibility index (Phi) is 4.57. The SMILES string of the molecule is O=C1NC(=O)C(=Cc2ccc(Cc3ccccc3Br)cc2)C(=O)N1. The average Bonchev–Trinajstić information content (AvgIpc) is 2.54. The fourth-order valence-electron chi connectivity index (χ4n) is 2.37. The molecule has 0 aromatic heterocycles. The summed E-state index contributed by atoms with van der Waals surface area (Å²) in [6.45, 7) is 0. The first-order valence-corrected chi connectivity index (χ1v) is 8.03. The van der Waals surface area contributed by atoms with Crippen molar-refractivity contribution in [3.8, 4) is 0 Å². The van der Waals surface area contributed by atoms with E-state index in [4.69, 9.17) is 0 Å². The fourth-order valence-corrected chi connectivity index (χ4v) is 2.79. The second kappa shape index (κ2) is 6.80. The highest BCUT2D eigenvalue weighted by Gasteiger charge is 2.27. The molecular weight excluding hydrogens is 372 g/mol. The zero-order valence-corrected chi connectivity index (χ0v) is 14.1. The van der Waals surface area contributed by atoms with Crippen LogP contribution in [0.4, 0.5) is 4.79 Å². The standard InChI is InChI=1S/C18H13BrN2O3/c19-15-4-2-1-3-13(15)9-11-5-7-12(8-6-11)10-14-16(22)20-18(24)21-17(14)23/h1-8,10H,9H2,(H2,20,21,22,23,24). The van der Waals surface area contributed by atoms with Crippen molar-refractivity contribution in [1.82, 2.24) is 10.6 Å². The van der Waals surface area contributed by atoms with Crippen molar-refractivity contribution < 1.29 is 14.4 Å². The first kappa shape index (κ1) is 16.1. The van der Waals surface area contributed by atoms with Crippen molar-refractivity contribution in [1.29, 1.82) is 0 Å². The quantitative estimate of drug-likeness (QED) is 0.630. The van der Waals surface area contributed by atoms with Crippen molar-refractivity contribution in [2.75, 3.05) is 0 Å². The molecule has 1 aliphatic heterocycles. The normalized spacial score (nSPS) is 14.2. The molecule has 0 aliphatic carbocycles. The van der Waals surface area contributed by atoms with Gasteiger partial charge in [-0.05, 0) is 35.3 Å². The largest absolute Gasteiger partial charge is 0.328 e. The second-order valence-electron chi connectivity index (χ2n) is 5.31. The van der Waals surface area contributed by atoms with Gasteiger partial charge in [-0.3, -0.25) is 20.2 Å². The maximum absolute atomic E-state index is 11.7. The number of barbiturate groups is 1. The molecule has 24 heavy (non-hydrogen) atoms. The number of hydrogen-bond acceptors (Lipinski definition) is 3. The van der Waals surface area contributed by atoms with Crippen molar-refractivity contribution in [2.24, 2.45) is 0 Å². The van der Waals surface area contributed by atoms with Crippen LogP contribution in [0.25, 0.3) is 6.08 Å². The van der Waals surface area contributed by atoms with E-state index in [2.05, 4.69) is 15.9 Å². The van der Waals surface area contributed by atoms with Gasteiger partial charge in [-0.1, -0.05) is 58.4 Å². The maximum Gasteiger partial charge on any atom is 0.328 e. The molecule has 0 saturated carbocycles. The van der Waals surface area contributed by atoms with Crippen molar-refractivity contribution in [2.45, 2.75) is 6.42 Å². The minimum atomic E-state index is -0.800. The molecule has 120 valence electrons. The van der Waals surface area contributed by atoms with E-state index in [-0.39, 0.29) is 5.57 Å². The van der Waals surface area contributed by atoms with Gasteiger partial charge in [0.25, 0.3) is 11.8 Å². The van der Waals surface area contributed by atoms with Gasteiger partial charge in [-0.25, -0.2) is 4.79 Å². The molecule has 0 radical (unpaired) electrons. The van der Waals surface area contributed by atoms with Crippen molar-refractivity contribution in [3.63, 3.8) is 0 Å². The third-order valence-electron chi connectivity index (χ3n) is 3.59. The molecule has 0 atom stereocenters. The van der Waals surface area contributed by atoms with Crippen LogP contribution in [0.15, 0.2) is 58.6 Å². The van der Waals surface area contributed by atoms with Crippen LogP contribution in [-0.2, 0) is 16.0 Å². The number of nitrogens with one attached hydrogen (secondary N) is 2. The van der Waals surface area contributed by atoms with E-state index in [1.54, 1.807) is 0 Å². The predicted molar refractivity (Wildman–Crippen MR) is 93.0 cm³/mol. The number of benzene rings is 2. The van der Waals surface area contributed by atoms with Crippen molar-refractivity contribution >= 4 is 39.9 Å². The average molecular weight is 385 g/mol. The van der Waals surface area contributed by atoms with Crippen LogP contribution >= 0.6 is 15.9 Å². The molecule has 1 saturated heterocycles. The monoisotopic (exact) mass is 384 g/mol. The van der Waals surface area contributed by atoms with Gasteiger partial charge in [-0.15, -0.1) is 0 Å². The summed E-state index contributed by atoms with van der Waals surface area (Å²) in [5, 5.41) is 4.09. The van der Waals surface area contributed by atoms with E-state index < -0.39 is 17.8 Å². The van der Waals surface area contributed by atoms with Gasteiger partial charge >= 0.3 is 6.03 Å². The Morgan fingerprint density at radius 2 is 1.50 bits per heavy atom. The zero-order chi connectivity index (χ0) is 17.1. The summed E-state index contributed by atoms with van der Waals surface area (Å²) in [7, 11) is 0. The number of amides is 4. The molecule has 2 aromatic rings. The molecule has 2 N–H and O–H groups in total. The van der Waals surface area contributed by atoms with Gasteiger partial charge in [0.2, 0.25) is 0 Å².